The molecule has 0 spiro atoms. The first-order valence-corrected chi connectivity index (χ1v) is 5.98. The zero-order valence-corrected chi connectivity index (χ0v) is 9.74. The van der Waals surface area contributed by atoms with Crippen molar-refractivity contribution in [3.05, 3.63) is 60.1 Å². The van der Waals surface area contributed by atoms with Gasteiger partial charge in [-0.3, -0.25) is 0 Å². The topological polar surface area (TPSA) is 17.2 Å². The molecule has 3 aromatic rings. The van der Waals surface area contributed by atoms with E-state index in [9.17, 15) is 0 Å². The zero-order chi connectivity index (χ0) is 11.7. The quantitative estimate of drug-likeness (QED) is 0.568. The van der Waals surface area contributed by atoms with Gasteiger partial charge in [-0.1, -0.05) is 36.4 Å². The average molecular weight is 236 g/mol. The highest BCUT2D eigenvalue weighted by molar-refractivity contribution is 7.09. The summed E-state index contributed by atoms with van der Waals surface area (Å²) in [5.74, 6) is 0. The molecule has 0 saturated carbocycles. The molecule has 2 nitrogen and oxygen atoms in total. The van der Waals surface area contributed by atoms with E-state index in [1.807, 2.05) is 36.4 Å². The van der Waals surface area contributed by atoms with Crippen LogP contribution in [0.2, 0.25) is 0 Å². The molecule has 0 atom stereocenters. The lowest BCUT2D eigenvalue weighted by atomic mass is 10.0. The van der Waals surface area contributed by atoms with Crippen LogP contribution in [-0.2, 0) is 0 Å². The van der Waals surface area contributed by atoms with Crippen LogP contribution in [0.1, 0.15) is 0 Å². The molecule has 0 amide bonds. The highest BCUT2D eigenvalue weighted by Gasteiger charge is 2.10. The lowest BCUT2D eigenvalue weighted by Gasteiger charge is -2.05. The molecule has 0 aliphatic rings. The van der Waals surface area contributed by atoms with Crippen LogP contribution in [0.15, 0.2) is 48.7 Å². The van der Waals surface area contributed by atoms with Gasteiger partial charge in [0.25, 0.3) is 0 Å². The summed E-state index contributed by atoms with van der Waals surface area (Å²) in [6.45, 7) is 7.38. The molecule has 0 saturated heterocycles. The maximum absolute atomic E-state index is 7.38. The van der Waals surface area contributed by atoms with E-state index in [2.05, 4.69) is 15.3 Å². The van der Waals surface area contributed by atoms with E-state index in [0.29, 0.717) is 5.69 Å². The Hall–Kier alpha value is -2.18. The summed E-state index contributed by atoms with van der Waals surface area (Å²) in [5.41, 5.74) is 1.69. The van der Waals surface area contributed by atoms with Crippen molar-refractivity contribution in [2.75, 3.05) is 0 Å². The Morgan fingerprint density at radius 1 is 1.06 bits per heavy atom. The number of nitrogens with zero attached hydrogens (tertiary/aromatic N) is 2. The number of benzene rings is 2. The Labute approximate surface area is 103 Å². The Bertz CT molecular complexity index is 709. The van der Waals surface area contributed by atoms with Gasteiger partial charge in [-0.05, 0) is 33.9 Å². The minimum Gasteiger partial charge on any atom is -0.237 e. The van der Waals surface area contributed by atoms with Gasteiger partial charge < -0.3 is 0 Å². The average Bonchev–Trinajstić information content (AvgIpc) is 2.91. The molecule has 1 aromatic heterocycles. The van der Waals surface area contributed by atoms with E-state index in [-0.39, 0.29) is 0 Å². The van der Waals surface area contributed by atoms with Gasteiger partial charge in [0.1, 0.15) is 0 Å². The molecule has 0 radical (unpaired) electrons. The molecule has 0 bridgehead atoms. The number of aromatic nitrogens is 1. The summed E-state index contributed by atoms with van der Waals surface area (Å²) < 4.78 is 4.09. The summed E-state index contributed by atoms with van der Waals surface area (Å²) in [6, 6.07) is 14.0. The molecular formula is C14H8N2S. The van der Waals surface area contributed by atoms with Crippen molar-refractivity contribution in [2.24, 2.45) is 0 Å². The molecule has 0 aliphatic carbocycles. The maximum Gasteiger partial charge on any atom is 0.203 e. The fourth-order valence-corrected chi connectivity index (χ4v) is 2.55. The van der Waals surface area contributed by atoms with Crippen molar-refractivity contribution in [1.29, 1.82) is 0 Å². The summed E-state index contributed by atoms with van der Waals surface area (Å²) >= 11 is 1.42. The first-order chi connectivity index (χ1) is 8.40. The smallest absolute Gasteiger partial charge is 0.203 e. The fraction of sp³-hybridized carbons (Fsp3) is 0. The van der Waals surface area contributed by atoms with Crippen LogP contribution in [0.5, 0.6) is 0 Å². The highest BCUT2D eigenvalue weighted by atomic mass is 32.1. The predicted molar refractivity (Wildman–Crippen MR) is 71.3 cm³/mol. The van der Waals surface area contributed by atoms with Crippen LogP contribution in [0.3, 0.4) is 0 Å². The largest absolute Gasteiger partial charge is 0.237 e. The monoisotopic (exact) mass is 236 g/mol. The van der Waals surface area contributed by atoms with E-state index in [1.54, 1.807) is 6.20 Å². The van der Waals surface area contributed by atoms with Crippen molar-refractivity contribution >= 4 is 28.0 Å². The molecular weight excluding hydrogens is 228 g/mol. The van der Waals surface area contributed by atoms with E-state index >= 15 is 0 Å². The highest BCUT2D eigenvalue weighted by Crippen LogP contribution is 2.38. The Morgan fingerprint density at radius 2 is 1.94 bits per heavy atom. The molecule has 2 aromatic carbocycles. The van der Waals surface area contributed by atoms with Crippen molar-refractivity contribution in [1.82, 2.24) is 4.37 Å². The normalized spacial score (nSPS) is 10.3. The van der Waals surface area contributed by atoms with E-state index < -0.39 is 0 Å². The van der Waals surface area contributed by atoms with Crippen LogP contribution in [0, 0.1) is 6.57 Å². The van der Waals surface area contributed by atoms with Gasteiger partial charge >= 0.3 is 0 Å². The summed E-state index contributed by atoms with van der Waals surface area (Å²) in [4.78, 5) is 4.73. The lowest BCUT2D eigenvalue weighted by Crippen LogP contribution is -1.77. The minimum atomic E-state index is 0.715. The summed E-state index contributed by atoms with van der Waals surface area (Å²) in [6.07, 6.45) is 1.77. The third-order valence-corrected chi connectivity index (χ3v) is 3.50. The van der Waals surface area contributed by atoms with Crippen molar-refractivity contribution < 1.29 is 0 Å². The van der Waals surface area contributed by atoms with Crippen LogP contribution in [-0.4, -0.2) is 4.37 Å². The van der Waals surface area contributed by atoms with Gasteiger partial charge in [0.15, 0.2) is 0 Å². The van der Waals surface area contributed by atoms with Crippen molar-refractivity contribution in [3.8, 4) is 10.4 Å². The standard InChI is InChI=1S/C14H8N2S/c1-15-14-11-5-3-2-4-10(11)6-7-12(14)13-8-9-16-17-13/h2-9H. The number of rotatable bonds is 1. The second-order valence-corrected chi connectivity index (χ2v) is 4.50. The lowest BCUT2D eigenvalue weighted by molar-refractivity contribution is 1.58. The second-order valence-electron chi connectivity index (χ2n) is 3.67. The second kappa shape index (κ2) is 4.00. The Balaban J connectivity index is 2.38. The summed E-state index contributed by atoms with van der Waals surface area (Å²) in [5, 5.41) is 2.11. The van der Waals surface area contributed by atoms with Crippen LogP contribution >= 0.6 is 11.5 Å². The van der Waals surface area contributed by atoms with E-state index in [0.717, 1.165) is 21.2 Å². The van der Waals surface area contributed by atoms with Crippen molar-refractivity contribution in [2.45, 2.75) is 0 Å². The number of hydrogen-bond acceptors (Lipinski definition) is 2. The zero-order valence-electron chi connectivity index (χ0n) is 8.92. The Kier molecular flexibility index (Phi) is 2.36. The van der Waals surface area contributed by atoms with Gasteiger partial charge in [-0.15, -0.1) is 0 Å². The molecule has 17 heavy (non-hydrogen) atoms. The van der Waals surface area contributed by atoms with Crippen LogP contribution < -0.4 is 0 Å². The van der Waals surface area contributed by atoms with Gasteiger partial charge in [0, 0.05) is 11.1 Å². The maximum atomic E-state index is 7.38. The van der Waals surface area contributed by atoms with Gasteiger partial charge in [-0.25, -0.2) is 9.22 Å². The third-order valence-electron chi connectivity index (χ3n) is 2.72. The molecule has 3 heteroatoms. The molecule has 80 valence electrons. The summed E-state index contributed by atoms with van der Waals surface area (Å²) in [7, 11) is 0. The van der Waals surface area contributed by atoms with Gasteiger partial charge in [0.2, 0.25) is 5.69 Å². The van der Waals surface area contributed by atoms with Crippen LogP contribution in [0.25, 0.3) is 26.1 Å². The van der Waals surface area contributed by atoms with Gasteiger partial charge in [0.05, 0.1) is 6.57 Å². The van der Waals surface area contributed by atoms with Crippen LogP contribution in [0.4, 0.5) is 5.69 Å². The van der Waals surface area contributed by atoms with Crippen molar-refractivity contribution in [3.63, 3.8) is 0 Å². The number of hydrogen-bond donors (Lipinski definition) is 0. The SMILES string of the molecule is [C-]#[N+]c1c(-c2ccns2)ccc2ccccc12. The first-order valence-electron chi connectivity index (χ1n) is 5.20. The predicted octanol–water partition coefficient (Wildman–Crippen LogP) is 4.51. The molecule has 0 aliphatic heterocycles. The fourth-order valence-electron chi connectivity index (χ4n) is 1.93. The first kappa shape index (κ1) is 10.0. The number of fused-ring (bicyclic) bond motifs is 1. The molecule has 0 fully saturated rings. The van der Waals surface area contributed by atoms with E-state index in [4.69, 9.17) is 6.57 Å². The molecule has 1 heterocycles. The molecule has 0 unspecified atom stereocenters. The molecule has 0 N–H and O–H groups in total. The third kappa shape index (κ3) is 1.59. The molecule has 3 rings (SSSR count). The van der Waals surface area contributed by atoms with Gasteiger partial charge in [-0.2, -0.15) is 0 Å². The minimum absolute atomic E-state index is 0.715. The van der Waals surface area contributed by atoms with E-state index in [1.165, 1.54) is 11.5 Å². The Morgan fingerprint density at radius 3 is 2.71 bits per heavy atom.